The van der Waals surface area contributed by atoms with Gasteiger partial charge in [-0.25, -0.2) is 4.98 Å². The summed E-state index contributed by atoms with van der Waals surface area (Å²) in [5.74, 6) is 0.400. The number of fused-ring (bicyclic) bond motifs is 1. The van der Waals surface area contributed by atoms with Crippen molar-refractivity contribution in [1.82, 2.24) is 4.98 Å². The number of hydrogen-bond acceptors (Lipinski definition) is 4. The molecule has 0 bridgehead atoms. The number of nitrogens with zero attached hydrogens (tertiary/aromatic N) is 1. The lowest BCUT2D eigenvalue weighted by atomic mass is 10.2. The molecule has 4 nitrogen and oxygen atoms in total. The Morgan fingerprint density at radius 2 is 2.14 bits per heavy atom. The van der Waals surface area contributed by atoms with E-state index >= 15 is 0 Å². The highest BCUT2D eigenvalue weighted by Gasteiger charge is 2.09. The number of thiazole rings is 1. The van der Waals surface area contributed by atoms with Gasteiger partial charge in [0.25, 0.3) is 5.91 Å². The topological polar surface area (TPSA) is 51.2 Å². The SMILES string of the molecule is Cc1cc(Cl)ccc1OCC(=O)Nc1nc2ccccc2s1. The molecular formula is C16H13ClN2O2S. The minimum Gasteiger partial charge on any atom is -0.483 e. The number of rotatable bonds is 4. The third-order valence-corrected chi connectivity index (χ3v) is 4.22. The van der Waals surface area contributed by atoms with E-state index in [0.29, 0.717) is 15.9 Å². The summed E-state index contributed by atoms with van der Waals surface area (Å²) < 4.78 is 6.54. The van der Waals surface area contributed by atoms with Crippen LogP contribution in [0.15, 0.2) is 42.5 Å². The van der Waals surface area contributed by atoms with Gasteiger partial charge in [0.1, 0.15) is 5.75 Å². The van der Waals surface area contributed by atoms with Crippen LogP contribution in [0.4, 0.5) is 5.13 Å². The average Bonchev–Trinajstić information content (AvgIpc) is 2.88. The second-order valence-corrected chi connectivity index (χ2v) is 6.20. The van der Waals surface area contributed by atoms with Crippen molar-refractivity contribution >= 4 is 44.2 Å². The van der Waals surface area contributed by atoms with Gasteiger partial charge in [-0.1, -0.05) is 35.1 Å². The Kier molecular flexibility index (Phi) is 4.27. The first kappa shape index (κ1) is 14.8. The number of para-hydroxylation sites is 1. The second kappa shape index (κ2) is 6.34. The Balaban J connectivity index is 1.62. The van der Waals surface area contributed by atoms with Crippen LogP contribution in [-0.2, 0) is 4.79 Å². The lowest BCUT2D eigenvalue weighted by Gasteiger charge is -2.08. The Morgan fingerprint density at radius 1 is 1.32 bits per heavy atom. The Morgan fingerprint density at radius 3 is 2.91 bits per heavy atom. The van der Waals surface area contributed by atoms with E-state index < -0.39 is 0 Å². The number of ether oxygens (including phenoxy) is 1. The molecule has 0 radical (unpaired) electrons. The number of carbonyl (C=O) groups is 1. The van der Waals surface area contributed by atoms with Crippen LogP contribution >= 0.6 is 22.9 Å². The third-order valence-electron chi connectivity index (χ3n) is 3.04. The first-order valence-corrected chi connectivity index (χ1v) is 7.85. The predicted octanol–water partition coefficient (Wildman–Crippen LogP) is 4.28. The molecule has 112 valence electrons. The molecule has 0 atom stereocenters. The Labute approximate surface area is 136 Å². The normalized spacial score (nSPS) is 10.6. The lowest BCUT2D eigenvalue weighted by Crippen LogP contribution is -2.20. The zero-order chi connectivity index (χ0) is 15.5. The molecule has 0 saturated carbocycles. The summed E-state index contributed by atoms with van der Waals surface area (Å²) in [6.45, 7) is 1.81. The van der Waals surface area contributed by atoms with Crippen LogP contribution in [0.3, 0.4) is 0 Å². The molecular weight excluding hydrogens is 320 g/mol. The van der Waals surface area contributed by atoms with Crippen molar-refractivity contribution in [2.45, 2.75) is 6.92 Å². The molecule has 1 aromatic heterocycles. The molecule has 6 heteroatoms. The molecule has 0 unspecified atom stereocenters. The number of aryl methyl sites for hydroxylation is 1. The summed E-state index contributed by atoms with van der Waals surface area (Å²) in [6.07, 6.45) is 0. The molecule has 1 N–H and O–H groups in total. The molecule has 0 saturated heterocycles. The first-order chi connectivity index (χ1) is 10.6. The van der Waals surface area contributed by atoms with Crippen molar-refractivity contribution in [2.24, 2.45) is 0 Å². The van der Waals surface area contributed by atoms with E-state index in [4.69, 9.17) is 16.3 Å². The van der Waals surface area contributed by atoms with E-state index in [1.807, 2.05) is 31.2 Å². The summed E-state index contributed by atoms with van der Waals surface area (Å²) in [5.41, 5.74) is 1.76. The van der Waals surface area contributed by atoms with Crippen molar-refractivity contribution in [1.29, 1.82) is 0 Å². The highest BCUT2D eigenvalue weighted by molar-refractivity contribution is 7.22. The van der Waals surface area contributed by atoms with Gasteiger partial charge in [-0.2, -0.15) is 0 Å². The quantitative estimate of drug-likeness (QED) is 0.776. The molecule has 2 aromatic carbocycles. The van der Waals surface area contributed by atoms with Gasteiger partial charge in [0.05, 0.1) is 10.2 Å². The molecule has 0 aliphatic heterocycles. The third kappa shape index (κ3) is 3.37. The fourth-order valence-corrected chi connectivity index (χ4v) is 3.11. The van der Waals surface area contributed by atoms with Crippen LogP contribution in [0.5, 0.6) is 5.75 Å². The van der Waals surface area contributed by atoms with Gasteiger partial charge in [-0.3, -0.25) is 10.1 Å². The van der Waals surface area contributed by atoms with Gasteiger partial charge in [0.2, 0.25) is 0 Å². The van der Waals surface area contributed by atoms with Gasteiger partial charge < -0.3 is 4.74 Å². The molecule has 1 heterocycles. The number of benzene rings is 2. The highest BCUT2D eigenvalue weighted by Crippen LogP contribution is 2.25. The van der Waals surface area contributed by atoms with Crippen LogP contribution in [0.2, 0.25) is 5.02 Å². The van der Waals surface area contributed by atoms with Gasteiger partial charge in [0, 0.05) is 5.02 Å². The maximum absolute atomic E-state index is 11.9. The van der Waals surface area contributed by atoms with Gasteiger partial charge >= 0.3 is 0 Å². The van der Waals surface area contributed by atoms with Crippen LogP contribution in [0, 0.1) is 6.92 Å². The van der Waals surface area contributed by atoms with Gasteiger partial charge in [-0.15, -0.1) is 0 Å². The first-order valence-electron chi connectivity index (χ1n) is 6.66. The number of carbonyl (C=O) groups excluding carboxylic acids is 1. The summed E-state index contributed by atoms with van der Waals surface area (Å²) >= 11 is 7.32. The number of halogens is 1. The van der Waals surface area contributed by atoms with Crippen LogP contribution in [0.1, 0.15) is 5.56 Å². The predicted molar refractivity (Wildman–Crippen MR) is 89.9 cm³/mol. The number of amides is 1. The van der Waals surface area contributed by atoms with Crippen molar-refractivity contribution in [2.75, 3.05) is 11.9 Å². The average molecular weight is 333 g/mol. The minimum atomic E-state index is -0.242. The zero-order valence-corrected chi connectivity index (χ0v) is 13.4. The standard InChI is InChI=1S/C16H13ClN2O2S/c1-10-8-11(17)6-7-13(10)21-9-15(20)19-16-18-12-4-2-3-5-14(12)22-16/h2-8H,9H2,1H3,(H,18,19,20). The fourth-order valence-electron chi connectivity index (χ4n) is 2.00. The monoisotopic (exact) mass is 332 g/mol. The van der Waals surface area contributed by atoms with Crippen molar-refractivity contribution in [3.63, 3.8) is 0 Å². The van der Waals surface area contributed by atoms with Gasteiger partial charge in [0.15, 0.2) is 11.7 Å². The van der Waals surface area contributed by atoms with Crippen LogP contribution in [0.25, 0.3) is 10.2 Å². The zero-order valence-electron chi connectivity index (χ0n) is 11.8. The largest absolute Gasteiger partial charge is 0.483 e. The van der Waals surface area contributed by atoms with Crippen molar-refractivity contribution in [3.05, 3.63) is 53.1 Å². The van der Waals surface area contributed by atoms with E-state index in [9.17, 15) is 4.79 Å². The summed E-state index contributed by atoms with van der Waals surface area (Å²) in [7, 11) is 0. The van der Waals surface area contributed by atoms with E-state index in [1.165, 1.54) is 11.3 Å². The summed E-state index contributed by atoms with van der Waals surface area (Å²) in [5, 5.41) is 3.96. The van der Waals surface area contributed by atoms with Crippen LogP contribution < -0.4 is 10.1 Å². The smallest absolute Gasteiger partial charge is 0.264 e. The molecule has 1 amide bonds. The molecule has 0 aliphatic rings. The lowest BCUT2D eigenvalue weighted by molar-refractivity contribution is -0.118. The van der Waals surface area contributed by atoms with Crippen molar-refractivity contribution < 1.29 is 9.53 Å². The van der Waals surface area contributed by atoms with Gasteiger partial charge in [-0.05, 0) is 42.8 Å². The minimum absolute atomic E-state index is 0.0710. The van der Waals surface area contributed by atoms with Crippen LogP contribution in [-0.4, -0.2) is 17.5 Å². The van der Waals surface area contributed by atoms with E-state index in [1.54, 1.807) is 18.2 Å². The molecule has 0 aliphatic carbocycles. The second-order valence-electron chi connectivity index (χ2n) is 4.73. The van der Waals surface area contributed by atoms with E-state index in [0.717, 1.165) is 15.8 Å². The number of nitrogens with one attached hydrogen (secondary N) is 1. The van der Waals surface area contributed by atoms with Crippen molar-refractivity contribution in [3.8, 4) is 5.75 Å². The van der Waals surface area contributed by atoms with E-state index in [-0.39, 0.29) is 12.5 Å². The summed E-state index contributed by atoms with van der Waals surface area (Å²) in [4.78, 5) is 16.3. The molecule has 3 aromatic rings. The number of aromatic nitrogens is 1. The molecule has 22 heavy (non-hydrogen) atoms. The molecule has 0 spiro atoms. The molecule has 0 fully saturated rings. The van der Waals surface area contributed by atoms with E-state index in [2.05, 4.69) is 10.3 Å². The Bertz CT molecular complexity index is 799. The maximum atomic E-state index is 11.9. The fraction of sp³-hybridized carbons (Fsp3) is 0.125. The number of anilines is 1. The maximum Gasteiger partial charge on any atom is 0.264 e. The highest BCUT2D eigenvalue weighted by atomic mass is 35.5. The molecule has 3 rings (SSSR count). The Hall–Kier alpha value is -2.11. The number of hydrogen-bond donors (Lipinski definition) is 1. The summed E-state index contributed by atoms with van der Waals surface area (Å²) in [6, 6.07) is 13.0.